The van der Waals surface area contributed by atoms with E-state index in [1.165, 1.54) is 0 Å². The highest BCUT2D eigenvalue weighted by Crippen LogP contribution is 2.27. The highest BCUT2D eigenvalue weighted by Gasteiger charge is 2.36. The van der Waals surface area contributed by atoms with Crippen molar-refractivity contribution in [2.45, 2.75) is 64.5 Å². The zero-order chi connectivity index (χ0) is 13.9. The monoisotopic (exact) mass is 265 g/mol. The van der Waals surface area contributed by atoms with Gasteiger partial charge in [-0.25, -0.2) is 0 Å². The van der Waals surface area contributed by atoms with Crippen LogP contribution in [0.3, 0.4) is 0 Å². The van der Waals surface area contributed by atoms with Crippen molar-refractivity contribution in [1.82, 2.24) is 10.5 Å². The van der Waals surface area contributed by atoms with Crippen LogP contribution in [0, 0.1) is 0 Å². The van der Waals surface area contributed by atoms with Crippen molar-refractivity contribution < 1.29 is 9.32 Å². The summed E-state index contributed by atoms with van der Waals surface area (Å²) in [6.07, 6.45) is 5.23. The van der Waals surface area contributed by atoms with E-state index >= 15 is 0 Å². The van der Waals surface area contributed by atoms with E-state index in [-0.39, 0.29) is 5.91 Å². The summed E-state index contributed by atoms with van der Waals surface area (Å²) in [6.45, 7) is 4.52. The number of carbonyl (C=O) groups excluding carboxylic acids is 1. The van der Waals surface area contributed by atoms with Gasteiger partial charge in [-0.3, -0.25) is 4.79 Å². The van der Waals surface area contributed by atoms with Crippen LogP contribution in [0.5, 0.6) is 0 Å². The van der Waals surface area contributed by atoms with Gasteiger partial charge in [0.15, 0.2) is 0 Å². The number of nitrogens with two attached hydrogens (primary N) is 1. The zero-order valence-electron chi connectivity index (χ0n) is 11.8. The molecule has 0 aliphatic heterocycles. The van der Waals surface area contributed by atoms with E-state index in [1.54, 1.807) is 0 Å². The lowest BCUT2D eigenvalue weighted by molar-refractivity contribution is -0.126. The van der Waals surface area contributed by atoms with E-state index in [4.69, 9.17) is 10.3 Å². The summed E-state index contributed by atoms with van der Waals surface area (Å²) in [7, 11) is 0. The summed E-state index contributed by atoms with van der Waals surface area (Å²) < 4.78 is 5.29. The molecule has 1 fully saturated rings. The minimum absolute atomic E-state index is 0.0460. The standard InChI is InChI=1S/C14H23N3O2/c1-3-11-10(12(4-2)19-17-11)9-16-13(18)14(15)7-5-6-8-14/h3-9,15H2,1-2H3,(H,16,18). The molecule has 1 aromatic rings. The largest absolute Gasteiger partial charge is 0.361 e. The molecule has 1 saturated carbocycles. The average Bonchev–Trinajstić information content (AvgIpc) is 3.02. The van der Waals surface area contributed by atoms with Crippen molar-refractivity contribution in [3.05, 3.63) is 17.0 Å². The highest BCUT2D eigenvalue weighted by molar-refractivity contribution is 5.86. The number of nitrogens with one attached hydrogen (secondary N) is 1. The molecule has 5 nitrogen and oxygen atoms in total. The van der Waals surface area contributed by atoms with Gasteiger partial charge in [0.1, 0.15) is 5.76 Å². The topological polar surface area (TPSA) is 81.2 Å². The van der Waals surface area contributed by atoms with Crippen LogP contribution >= 0.6 is 0 Å². The Bertz CT molecular complexity index is 426. The second-order valence-corrected chi connectivity index (χ2v) is 5.28. The van der Waals surface area contributed by atoms with Crippen molar-refractivity contribution in [3.8, 4) is 0 Å². The molecule has 1 amide bonds. The quantitative estimate of drug-likeness (QED) is 0.849. The Kier molecular flexibility index (Phi) is 4.24. The van der Waals surface area contributed by atoms with E-state index in [2.05, 4.69) is 10.5 Å². The molecule has 0 unspecified atom stereocenters. The minimum Gasteiger partial charge on any atom is -0.361 e. The van der Waals surface area contributed by atoms with Gasteiger partial charge in [0.2, 0.25) is 5.91 Å². The first-order chi connectivity index (χ1) is 9.10. The molecule has 1 aliphatic rings. The third-order valence-corrected chi connectivity index (χ3v) is 3.98. The molecule has 0 spiro atoms. The zero-order valence-corrected chi connectivity index (χ0v) is 11.8. The number of aryl methyl sites for hydroxylation is 2. The first kappa shape index (κ1) is 14.1. The predicted molar refractivity (Wildman–Crippen MR) is 72.5 cm³/mol. The lowest BCUT2D eigenvalue weighted by atomic mass is 9.98. The van der Waals surface area contributed by atoms with Gasteiger partial charge >= 0.3 is 0 Å². The molecule has 1 heterocycles. The molecule has 2 rings (SSSR count). The number of rotatable bonds is 5. The van der Waals surface area contributed by atoms with Gasteiger partial charge in [-0.1, -0.05) is 31.8 Å². The van der Waals surface area contributed by atoms with Crippen LogP contribution in [0.15, 0.2) is 4.52 Å². The molecule has 1 aliphatic carbocycles. The minimum atomic E-state index is -0.671. The third-order valence-electron chi connectivity index (χ3n) is 3.98. The van der Waals surface area contributed by atoms with E-state index in [9.17, 15) is 4.79 Å². The fourth-order valence-corrected chi connectivity index (χ4v) is 2.72. The summed E-state index contributed by atoms with van der Waals surface area (Å²) in [5.41, 5.74) is 7.40. The Morgan fingerprint density at radius 1 is 1.37 bits per heavy atom. The lowest BCUT2D eigenvalue weighted by Gasteiger charge is -2.22. The van der Waals surface area contributed by atoms with Gasteiger partial charge in [-0.15, -0.1) is 0 Å². The molecule has 19 heavy (non-hydrogen) atoms. The normalized spacial score (nSPS) is 17.6. The summed E-state index contributed by atoms with van der Waals surface area (Å²) >= 11 is 0. The maximum absolute atomic E-state index is 12.2. The van der Waals surface area contributed by atoms with Crippen LogP contribution < -0.4 is 11.1 Å². The molecule has 0 radical (unpaired) electrons. The summed E-state index contributed by atoms with van der Waals surface area (Å²) in [5, 5.41) is 6.99. The number of amides is 1. The smallest absolute Gasteiger partial charge is 0.240 e. The number of hydrogen-bond acceptors (Lipinski definition) is 4. The lowest BCUT2D eigenvalue weighted by Crippen LogP contribution is -2.51. The predicted octanol–water partition coefficient (Wildman–Crippen LogP) is 1.69. The molecule has 1 aromatic heterocycles. The maximum atomic E-state index is 12.2. The molecule has 0 bridgehead atoms. The molecule has 3 N–H and O–H groups in total. The molecule has 106 valence electrons. The third kappa shape index (κ3) is 2.81. The van der Waals surface area contributed by atoms with Crippen LogP contribution in [0.25, 0.3) is 0 Å². The van der Waals surface area contributed by atoms with Crippen LogP contribution in [0.1, 0.15) is 56.5 Å². The molecular weight excluding hydrogens is 242 g/mol. The van der Waals surface area contributed by atoms with Gasteiger partial charge < -0.3 is 15.6 Å². The van der Waals surface area contributed by atoms with Gasteiger partial charge in [0.05, 0.1) is 11.2 Å². The first-order valence-electron chi connectivity index (χ1n) is 7.14. The van der Waals surface area contributed by atoms with Gasteiger partial charge in [-0.2, -0.15) is 0 Å². The average molecular weight is 265 g/mol. The number of nitrogens with zero attached hydrogens (tertiary/aromatic N) is 1. The van der Waals surface area contributed by atoms with Gasteiger partial charge in [-0.05, 0) is 19.3 Å². The van der Waals surface area contributed by atoms with Gasteiger partial charge in [0, 0.05) is 18.5 Å². The number of carbonyl (C=O) groups is 1. The molecule has 0 saturated heterocycles. The Morgan fingerprint density at radius 3 is 2.63 bits per heavy atom. The molecular formula is C14H23N3O2. The van der Waals surface area contributed by atoms with Crippen LogP contribution in [-0.4, -0.2) is 16.6 Å². The molecule has 0 atom stereocenters. The van der Waals surface area contributed by atoms with Gasteiger partial charge in [0.25, 0.3) is 0 Å². The molecule has 5 heteroatoms. The SMILES string of the molecule is CCc1noc(CC)c1CNC(=O)C1(N)CCCC1. The summed E-state index contributed by atoms with van der Waals surface area (Å²) in [5.74, 6) is 0.810. The maximum Gasteiger partial charge on any atom is 0.240 e. The number of aromatic nitrogens is 1. The second kappa shape index (κ2) is 5.74. The summed E-state index contributed by atoms with van der Waals surface area (Å²) in [6, 6.07) is 0. The number of hydrogen-bond donors (Lipinski definition) is 2. The van der Waals surface area contributed by atoms with Crippen molar-refractivity contribution in [1.29, 1.82) is 0 Å². The Morgan fingerprint density at radius 2 is 2.05 bits per heavy atom. The first-order valence-corrected chi connectivity index (χ1v) is 7.14. The second-order valence-electron chi connectivity index (χ2n) is 5.28. The van der Waals surface area contributed by atoms with Crippen LogP contribution in [-0.2, 0) is 24.2 Å². The van der Waals surface area contributed by atoms with Crippen LogP contribution in [0.2, 0.25) is 0 Å². The van der Waals surface area contributed by atoms with E-state index in [0.717, 1.165) is 55.5 Å². The fourth-order valence-electron chi connectivity index (χ4n) is 2.72. The summed E-state index contributed by atoms with van der Waals surface area (Å²) in [4.78, 5) is 12.2. The Hall–Kier alpha value is -1.36. The Balaban J connectivity index is 2.02. The Labute approximate surface area is 113 Å². The van der Waals surface area contributed by atoms with Crippen molar-refractivity contribution in [2.24, 2.45) is 5.73 Å². The van der Waals surface area contributed by atoms with E-state index in [0.29, 0.717) is 6.54 Å². The van der Waals surface area contributed by atoms with Crippen molar-refractivity contribution in [2.75, 3.05) is 0 Å². The van der Waals surface area contributed by atoms with Crippen molar-refractivity contribution in [3.63, 3.8) is 0 Å². The van der Waals surface area contributed by atoms with E-state index in [1.807, 2.05) is 13.8 Å². The van der Waals surface area contributed by atoms with Crippen molar-refractivity contribution >= 4 is 5.91 Å². The highest BCUT2D eigenvalue weighted by atomic mass is 16.5. The van der Waals surface area contributed by atoms with E-state index < -0.39 is 5.54 Å². The van der Waals surface area contributed by atoms with Crippen LogP contribution in [0.4, 0.5) is 0 Å². The fraction of sp³-hybridized carbons (Fsp3) is 0.714. The molecule has 0 aromatic carbocycles.